The molecule has 0 aliphatic carbocycles. The number of carbonyl (C=O) groups is 1. The molecule has 0 bridgehead atoms. The van der Waals surface area contributed by atoms with Gasteiger partial charge in [-0.3, -0.25) is 4.79 Å². The van der Waals surface area contributed by atoms with Gasteiger partial charge in [-0.05, 0) is 38.2 Å². The Labute approximate surface area is 146 Å². The first kappa shape index (κ1) is 18.5. The average molecular weight is 348 g/mol. The summed E-state index contributed by atoms with van der Waals surface area (Å²) in [4.78, 5) is 10.7. The first-order valence-corrected chi connectivity index (χ1v) is 9.10. The Balaban J connectivity index is 1.85. The van der Waals surface area contributed by atoms with E-state index < -0.39 is 12.0 Å². The van der Waals surface area contributed by atoms with Crippen LogP contribution in [-0.2, 0) is 10.3 Å². The molecule has 1 heterocycles. The summed E-state index contributed by atoms with van der Waals surface area (Å²) in [5, 5.41) is 17.3. The van der Waals surface area contributed by atoms with E-state index in [4.69, 9.17) is 10.8 Å². The zero-order chi connectivity index (χ0) is 17.6. The third-order valence-corrected chi connectivity index (χ3v) is 4.95. The van der Waals surface area contributed by atoms with Gasteiger partial charge in [0.1, 0.15) is 11.7 Å². The second-order valence-electron chi connectivity index (χ2n) is 6.32. The van der Waals surface area contributed by atoms with Gasteiger partial charge in [0.2, 0.25) is 0 Å². The zero-order valence-electron chi connectivity index (χ0n) is 14.1. The molecule has 0 fully saturated rings. The molecule has 1 atom stereocenters. The number of nitrogens with zero attached hydrogens (tertiary/aromatic N) is 3. The van der Waals surface area contributed by atoms with Gasteiger partial charge < -0.3 is 10.8 Å². The molecule has 7 heteroatoms. The van der Waals surface area contributed by atoms with Crippen LogP contribution in [0.3, 0.4) is 0 Å². The Morgan fingerprint density at radius 1 is 1.33 bits per heavy atom. The molecule has 130 valence electrons. The molecule has 1 aromatic carbocycles. The van der Waals surface area contributed by atoms with E-state index in [2.05, 4.69) is 24.2 Å². The van der Waals surface area contributed by atoms with Crippen molar-refractivity contribution < 1.29 is 9.90 Å². The first-order valence-electron chi connectivity index (χ1n) is 7.94. The van der Waals surface area contributed by atoms with Crippen LogP contribution >= 0.6 is 11.8 Å². The normalized spacial score (nSPS) is 13.0. The lowest BCUT2D eigenvalue weighted by Gasteiger charge is -2.24. The molecule has 1 unspecified atom stereocenters. The molecule has 3 N–H and O–H groups in total. The number of aromatic nitrogens is 3. The van der Waals surface area contributed by atoms with Crippen LogP contribution in [0.15, 0.2) is 36.5 Å². The van der Waals surface area contributed by atoms with Gasteiger partial charge >= 0.3 is 5.97 Å². The number of hydrogen-bond donors (Lipinski definition) is 2. The van der Waals surface area contributed by atoms with Crippen molar-refractivity contribution in [3.63, 3.8) is 0 Å². The molecule has 0 saturated heterocycles. The molecule has 0 amide bonds. The summed E-state index contributed by atoms with van der Waals surface area (Å²) in [5.74, 6) is 0.725. The van der Waals surface area contributed by atoms with Gasteiger partial charge in [0.05, 0.1) is 11.7 Å². The van der Waals surface area contributed by atoms with Crippen LogP contribution < -0.4 is 5.73 Å². The number of carboxylic acids is 1. The molecule has 2 rings (SSSR count). The minimum atomic E-state index is -0.938. The summed E-state index contributed by atoms with van der Waals surface area (Å²) in [6.07, 6.45) is 3.37. The monoisotopic (exact) mass is 348 g/mol. The highest BCUT2D eigenvalue weighted by Crippen LogP contribution is 2.24. The summed E-state index contributed by atoms with van der Waals surface area (Å²) in [7, 11) is 0. The van der Waals surface area contributed by atoms with Crippen molar-refractivity contribution >= 4 is 17.7 Å². The Bertz CT molecular complexity index is 658. The standard InChI is InChI=1S/C17H24N4O2S/c1-17(2,9-11-24-10-8-14(18)16(22)23)21-12-15(19-20-21)13-6-4-3-5-7-13/h3-7,12,14H,8-11,18H2,1-2H3,(H,22,23). The Morgan fingerprint density at radius 2 is 2.04 bits per heavy atom. The maximum absolute atomic E-state index is 10.7. The molecule has 1 aromatic heterocycles. The maximum atomic E-state index is 10.7. The lowest BCUT2D eigenvalue weighted by atomic mass is 10.0. The van der Waals surface area contributed by atoms with E-state index in [0.29, 0.717) is 6.42 Å². The van der Waals surface area contributed by atoms with Gasteiger partial charge in [-0.15, -0.1) is 5.10 Å². The van der Waals surface area contributed by atoms with Crippen molar-refractivity contribution in [3.8, 4) is 11.3 Å². The van der Waals surface area contributed by atoms with Crippen molar-refractivity contribution in [1.29, 1.82) is 0 Å². The molecule has 0 spiro atoms. The number of nitrogens with two attached hydrogens (primary N) is 1. The van der Waals surface area contributed by atoms with Gasteiger partial charge in [-0.25, -0.2) is 4.68 Å². The number of hydrogen-bond acceptors (Lipinski definition) is 5. The van der Waals surface area contributed by atoms with Gasteiger partial charge in [-0.1, -0.05) is 35.5 Å². The quantitative estimate of drug-likeness (QED) is 0.677. The second-order valence-corrected chi connectivity index (χ2v) is 7.55. The van der Waals surface area contributed by atoms with Crippen molar-refractivity contribution in [3.05, 3.63) is 36.5 Å². The zero-order valence-corrected chi connectivity index (χ0v) is 14.9. The topological polar surface area (TPSA) is 94.0 Å². The van der Waals surface area contributed by atoms with E-state index in [1.54, 1.807) is 11.8 Å². The van der Waals surface area contributed by atoms with E-state index in [1.165, 1.54) is 0 Å². The first-order chi connectivity index (χ1) is 11.4. The Hall–Kier alpha value is -1.86. The summed E-state index contributed by atoms with van der Waals surface area (Å²) in [5.41, 5.74) is 7.26. The van der Waals surface area contributed by atoms with Crippen LogP contribution in [0.2, 0.25) is 0 Å². The Morgan fingerprint density at radius 3 is 2.71 bits per heavy atom. The summed E-state index contributed by atoms with van der Waals surface area (Å²) < 4.78 is 1.90. The van der Waals surface area contributed by atoms with E-state index >= 15 is 0 Å². The summed E-state index contributed by atoms with van der Waals surface area (Å²) in [6.45, 7) is 4.25. The van der Waals surface area contributed by atoms with Crippen LogP contribution in [0.1, 0.15) is 26.7 Å². The van der Waals surface area contributed by atoms with E-state index in [9.17, 15) is 4.79 Å². The van der Waals surface area contributed by atoms with Crippen LogP contribution in [0.5, 0.6) is 0 Å². The molecule has 0 radical (unpaired) electrons. The highest BCUT2D eigenvalue weighted by atomic mass is 32.2. The molecular formula is C17H24N4O2S. The number of aliphatic carboxylic acids is 1. The fraction of sp³-hybridized carbons (Fsp3) is 0.471. The molecule has 0 aliphatic rings. The fourth-order valence-electron chi connectivity index (χ4n) is 2.17. The maximum Gasteiger partial charge on any atom is 0.320 e. The van der Waals surface area contributed by atoms with Crippen molar-refractivity contribution in [1.82, 2.24) is 15.0 Å². The van der Waals surface area contributed by atoms with E-state index in [-0.39, 0.29) is 5.54 Å². The molecule has 0 saturated carbocycles. The third kappa shape index (κ3) is 5.07. The number of benzene rings is 1. The largest absolute Gasteiger partial charge is 0.480 e. The summed E-state index contributed by atoms with van der Waals surface area (Å²) >= 11 is 1.72. The SMILES string of the molecule is CC(C)(CCSCCC(N)C(=O)O)n1cc(-c2ccccc2)nn1. The van der Waals surface area contributed by atoms with Gasteiger partial charge in [0, 0.05) is 5.56 Å². The fourth-order valence-corrected chi connectivity index (χ4v) is 3.44. The van der Waals surface area contributed by atoms with Gasteiger partial charge in [-0.2, -0.15) is 11.8 Å². The minimum Gasteiger partial charge on any atom is -0.480 e. The smallest absolute Gasteiger partial charge is 0.320 e. The van der Waals surface area contributed by atoms with E-state index in [1.807, 2.05) is 41.2 Å². The average Bonchev–Trinajstić information content (AvgIpc) is 3.06. The van der Waals surface area contributed by atoms with Crippen LogP contribution in [0, 0.1) is 0 Å². The highest BCUT2D eigenvalue weighted by Gasteiger charge is 2.22. The minimum absolute atomic E-state index is 0.151. The molecular weight excluding hydrogens is 324 g/mol. The van der Waals surface area contributed by atoms with Crippen molar-refractivity contribution in [2.75, 3.05) is 11.5 Å². The van der Waals surface area contributed by atoms with Gasteiger partial charge in [0.15, 0.2) is 0 Å². The van der Waals surface area contributed by atoms with Crippen molar-refractivity contribution in [2.24, 2.45) is 5.73 Å². The van der Waals surface area contributed by atoms with E-state index in [0.717, 1.165) is 29.2 Å². The lowest BCUT2D eigenvalue weighted by Crippen LogP contribution is -2.30. The summed E-state index contributed by atoms with van der Waals surface area (Å²) in [6, 6.07) is 9.21. The van der Waals surface area contributed by atoms with Crippen LogP contribution in [-0.4, -0.2) is 43.6 Å². The number of thioether (sulfide) groups is 1. The predicted molar refractivity (Wildman–Crippen MR) is 97.0 cm³/mol. The number of rotatable bonds is 9. The third-order valence-electron chi connectivity index (χ3n) is 3.93. The molecule has 0 aliphatic heterocycles. The van der Waals surface area contributed by atoms with Crippen molar-refractivity contribution in [2.45, 2.75) is 38.3 Å². The predicted octanol–water partition coefficient (Wildman–Crippen LogP) is 2.61. The molecule has 6 nitrogen and oxygen atoms in total. The van der Waals surface area contributed by atoms with Crippen LogP contribution in [0.25, 0.3) is 11.3 Å². The highest BCUT2D eigenvalue weighted by molar-refractivity contribution is 7.99. The Kier molecular flexibility index (Phi) is 6.39. The molecule has 24 heavy (non-hydrogen) atoms. The lowest BCUT2D eigenvalue weighted by molar-refractivity contribution is -0.138. The van der Waals surface area contributed by atoms with Gasteiger partial charge in [0.25, 0.3) is 0 Å². The number of carboxylic acid groups (broad SMARTS) is 1. The second kappa shape index (κ2) is 8.30. The van der Waals surface area contributed by atoms with Crippen LogP contribution in [0.4, 0.5) is 0 Å². The molecule has 2 aromatic rings.